The van der Waals surface area contributed by atoms with Crippen LogP contribution in [0.5, 0.6) is 11.5 Å². The van der Waals surface area contributed by atoms with Crippen LogP contribution in [0.3, 0.4) is 0 Å². The lowest BCUT2D eigenvalue weighted by Gasteiger charge is -2.11. The van der Waals surface area contributed by atoms with Gasteiger partial charge in [0.25, 0.3) is 5.69 Å². The van der Waals surface area contributed by atoms with E-state index < -0.39 is 10.7 Å². The van der Waals surface area contributed by atoms with Gasteiger partial charge in [0.2, 0.25) is 0 Å². The van der Waals surface area contributed by atoms with Crippen molar-refractivity contribution in [2.24, 2.45) is 0 Å². The first-order chi connectivity index (χ1) is 9.52. The van der Waals surface area contributed by atoms with Crippen molar-refractivity contribution in [3.8, 4) is 11.5 Å². The highest BCUT2D eigenvalue weighted by molar-refractivity contribution is 9.08. The number of rotatable bonds is 4. The van der Waals surface area contributed by atoms with Gasteiger partial charge in [0.05, 0.1) is 16.0 Å². The summed E-state index contributed by atoms with van der Waals surface area (Å²) in [5.41, 5.74) is 0.407. The minimum Gasteiger partial charge on any atom is -0.452 e. The van der Waals surface area contributed by atoms with E-state index in [0.717, 1.165) is 11.6 Å². The van der Waals surface area contributed by atoms with Crippen LogP contribution in [0.2, 0.25) is 5.02 Å². The lowest BCUT2D eigenvalue weighted by molar-refractivity contribution is -0.385. The number of benzene rings is 2. The summed E-state index contributed by atoms with van der Waals surface area (Å²) in [7, 11) is 0. The Morgan fingerprint density at radius 3 is 2.70 bits per heavy atom. The van der Waals surface area contributed by atoms with Crippen LogP contribution >= 0.6 is 27.5 Å². The van der Waals surface area contributed by atoms with Crippen molar-refractivity contribution >= 4 is 33.2 Å². The molecular formula is C13H8BrClFNO3. The third kappa shape index (κ3) is 3.08. The lowest BCUT2D eigenvalue weighted by atomic mass is 10.2. The van der Waals surface area contributed by atoms with Gasteiger partial charge in [0.15, 0.2) is 11.6 Å². The summed E-state index contributed by atoms with van der Waals surface area (Å²) >= 11 is 9.30. The molecule has 0 heterocycles. The maximum absolute atomic E-state index is 13.8. The summed E-state index contributed by atoms with van der Waals surface area (Å²) in [6.45, 7) is 0. The first-order valence-electron chi connectivity index (χ1n) is 5.48. The number of hydrogen-bond donors (Lipinski definition) is 0. The molecule has 2 aromatic rings. The van der Waals surface area contributed by atoms with Gasteiger partial charge in [-0.05, 0) is 12.1 Å². The Morgan fingerprint density at radius 1 is 1.35 bits per heavy atom. The summed E-state index contributed by atoms with van der Waals surface area (Å²) < 4.78 is 19.2. The molecule has 0 N–H and O–H groups in total. The van der Waals surface area contributed by atoms with Gasteiger partial charge in [0.1, 0.15) is 5.75 Å². The van der Waals surface area contributed by atoms with Gasteiger partial charge >= 0.3 is 0 Å². The Kier molecular flexibility index (Phi) is 4.57. The molecule has 0 amide bonds. The molecule has 0 bridgehead atoms. The fourth-order valence-electron chi connectivity index (χ4n) is 1.57. The zero-order chi connectivity index (χ0) is 14.7. The molecule has 20 heavy (non-hydrogen) atoms. The predicted octanol–water partition coefficient (Wildman–Crippen LogP) is 5.07. The van der Waals surface area contributed by atoms with E-state index >= 15 is 0 Å². The Labute approximate surface area is 127 Å². The van der Waals surface area contributed by atoms with Gasteiger partial charge in [-0.2, -0.15) is 0 Å². The van der Waals surface area contributed by atoms with Crippen LogP contribution in [0.15, 0.2) is 36.4 Å². The number of para-hydroxylation sites is 1. The van der Waals surface area contributed by atoms with E-state index in [-0.39, 0.29) is 11.4 Å². The van der Waals surface area contributed by atoms with E-state index in [4.69, 9.17) is 16.3 Å². The number of nitro benzene ring substituents is 1. The van der Waals surface area contributed by atoms with Gasteiger partial charge in [-0.3, -0.25) is 10.1 Å². The maximum Gasteiger partial charge on any atom is 0.272 e. The average Bonchev–Trinajstić information content (AvgIpc) is 2.42. The van der Waals surface area contributed by atoms with Crippen molar-refractivity contribution in [2.75, 3.05) is 0 Å². The molecule has 2 aromatic carbocycles. The normalized spacial score (nSPS) is 10.3. The standard InChI is InChI=1S/C13H8BrClFNO3/c14-7-8-2-1-3-10(15)13(8)20-12-5-4-9(17(18)19)6-11(12)16/h1-6H,7H2. The third-order valence-corrected chi connectivity index (χ3v) is 3.43. The first-order valence-corrected chi connectivity index (χ1v) is 6.98. The topological polar surface area (TPSA) is 52.4 Å². The molecule has 0 radical (unpaired) electrons. The van der Waals surface area contributed by atoms with Crippen molar-refractivity contribution in [2.45, 2.75) is 5.33 Å². The van der Waals surface area contributed by atoms with Crippen molar-refractivity contribution in [1.29, 1.82) is 0 Å². The highest BCUT2D eigenvalue weighted by Crippen LogP contribution is 2.35. The van der Waals surface area contributed by atoms with E-state index in [0.29, 0.717) is 16.1 Å². The Hall–Kier alpha value is -1.66. The Morgan fingerprint density at radius 2 is 2.10 bits per heavy atom. The van der Waals surface area contributed by atoms with Gasteiger partial charge < -0.3 is 4.74 Å². The molecule has 0 saturated carbocycles. The van der Waals surface area contributed by atoms with Crippen LogP contribution in [0.25, 0.3) is 0 Å². The van der Waals surface area contributed by atoms with Crippen molar-refractivity contribution < 1.29 is 14.1 Å². The van der Waals surface area contributed by atoms with E-state index in [1.807, 2.05) is 0 Å². The van der Waals surface area contributed by atoms with Gasteiger partial charge in [0, 0.05) is 17.0 Å². The van der Waals surface area contributed by atoms with E-state index in [9.17, 15) is 14.5 Å². The molecule has 0 atom stereocenters. The average molecular weight is 361 g/mol. The number of ether oxygens (including phenoxy) is 1. The predicted molar refractivity (Wildman–Crippen MR) is 77.2 cm³/mol. The smallest absolute Gasteiger partial charge is 0.272 e. The second-order valence-corrected chi connectivity index (χ2v) is 4.80. The SMILES string of the molecule is O=[N+]([O-])c1ccc(Oc2c(Cl)cccc2CBr)c(F)c1. The highest BCUT2D eigenvalue weighted by atomic mass is 79.9. The second kappa shape index (κ2) is 6.19. The largest absolute Gasteiger partial charge is 0.452 e. The lowest BCUT2D eigenvalue weighted by Crippen LogP contribution is -1.95. The van der Waals surface area contributed by atoms with E-state index in [2.05, 4.69) is 15.9 Å². The monoisotopic (exact) mass is 359 g/mol. The van der Waals surface area contributed by atoms with Crippen LogP contribution in [0, 0.1) is 15.9 Å². The number of hydrogen-bond acceptors (Lipinski definition) is 3. The molecule has 0 aromatic heterocycles. The molecule has 7 heteroatoms. The first kappa shape index (κ1) is 14.7. The molecule has 4 nitrogen and oxygen atoms in total. The Bertz CT molecular complexity index is 666. The molecule has 0 fully saturated rings. The van der Waals surface area contributed by atoms with Gasteiger partial charge in [-0.1, -0.05) is 39.7 Å². The van der Waals surface area contributed by atoms with Crippen LogP contribution in [0.4, 0.5) is 10.1 Å². The van der Waals surface area contributed by atoms with Crippen LogP contribution in [0.1, 0.15) is 5.56 Å². The number of nitro groups is 1. The van der Waals surface area contributed by atoms with Crippen LogP contribution < -0.4 is 4.74 Å². The van der Waals surface area contributed by atoms with Gasteiger partial charge in [-0.15, -0.1) is 0 Å². The van der Waals surface area contributed by atoms with Crippen LogP contribution in [-0.2, 0) is 5.33 Å². The van der Waals surface area contributed by atoms with Crippen molar-refractivity contribution in [1.82, 2.24) is 0 Å². The second-order valence-electron chi connectivity index (χ2n) is 3.84. The molecule has 0 aliphatic rings. The minimum absolute atomic E-state index is 0.120. The molecule has 0 unspecified atom stereocenters. The molecule has 104 valence electrons. The Balaban J connectivity index is 2.38. The zero-order valence-electron chi connectivity index (χ0n) is 9.98. The summed E-state index contributed by atoms with van der Waals surface area (Å²) in [5, 5.41) is 11.4. The summed E-state index contributed by atoms with van der Waals surface area (Å²) in [6.07, 6.45) is 0. The number of nitrogens with zero attached hydrogens (tertiary/aromatic N) is 1. The number of halogens is 3. The maximum atomic E-state index is 13.8. The van der Waals surface area contributed by atoms with Crippen LogP contribution in [-0.4, -0.2) is 4.92 Å². The van der Waals surface area contributed by atoms with E-state index in [1.54, 1.807) is 18.2 Å². The fourth-order valence-corrected chi connectivity index (χ4v) is 2.24. The number of alkyl halides is 1. The molecule has 0 aliphatic heterocycles. The molecule has 0 saturated heterocycles. The zero-order valence-corrected chi connectivity index (χ0v) is 12.3. The number of non-ortho nitro benzene ring substituents is 1. The minimum atomic E-state index is -0.820. The van der Waals surface area contributed by atoms with Crippen molar-refractivity contribution in [3.05, 3.63) is 62.9 Å². The summed E-state index contributed by atoms with van der Waals surface area (Å²) in [4.78, 5) is 9.87. The van der Waals surface area contributed by atoms with E-state index in [1.165, 1.54) is 12.1 Å². The third-order valence-electron chi connectivity index (χ3n) is 2.53. The van der Waals surface area contributed by atoms with Gasteiger partial charge in [-0.25, -0.2) is 4.39 Å². The molecular weight excluding hydrogens is 353 g/mol. The fraction of sp³-hybridized carbons (Fsp3) is 0.0769. The quantitative estimate of drug-likeness (QED) is 0.434. The molecule has 2 rings (SSSR count). The summed E-state index contributed by atoms with van der Waals surface area (Å²) in [5.74, 6) is -0.621. The summed E-state index contributed by atoms with van der Waals surface area (Å²) in [6, 6.07) is 8.32. The highest BCUT2D eigenvalue weighted by Gasteiger charge is 2.15. The molecule has 0 spiro atoms. The molecule has 0 aliphatic carbocycles. The van der Waals surface area contributed by atoms with Crippen molar-refractivity contribution in [3.63, 3.8) is 0 Å².